The van der Waals surface area contributed by atoms with Crippen LogP contribution in [0.5, 0.6) is 5.75 Å². The van der Waals surface area contributed by atoms with Crippen LogP contribution >= 0.6 is 15.9 Å². The molecule has 19 heavy (non-hydrogen) atoms. The van der Waals surface area contributed by atoms with Crippen molar-refractivity contribution in [2.45, 2.75) is 18.8 Å². The molecule has 1 N–H and O–H groups in total. The predicted molar refractivity (Wildman–Crippen MR) is 76.9 cm³/mol. The first-order valence-electron chi connectivity index (χ1n) is 6.34. The number of rotatable bonds is 3. The summed E-state index contributed by atoms with van der Waals surface area (Å²) in [5, 5.41) is 2.65. The molecular weight excluding hydrogens is 310 g/mol. The van der Waals surface area contributed by atoms with Crippen molar-refractivity contribution in [1.29, 1.82) is 0 Å². The molecule has 0 saturated carbocycles. The summed E-state index contributed by atoms with van der Waals surface area (Å²) in [5.74, 6) is 0.922. The van der Waals surface area contributed by atoms with Crippen LogP contribution in [-0.4, -0.2) is 33.3 Å². The number of amides is 1. The maximum Gasteiger partial charge on any atom is 0.254 e. The third-order valence-electron chi connectivity index (χ3n) is 3.42. The van der Waals surface area contributed by atoms with Gasteiger partial charge in [0.05, 0.1) is 12.7 Å². The van der Waals surface area contributed by atoms with E-state index >= 15 is 0 Å². The van der Waals surface area contributed by atoms with Gasteiger partial charge in [0.15, 0.2) is 0 Å². The Morgan fingerprint density at radius 2 is 2.11 bits per heavy atom. The molecule has 0 aromatic heterocycles. The van der Waals surface area contributed by atoms with E-state index in [2.05, 4.69) is 21.2 Å². The van der Waals surface area contributed by atoms with Crippen molar-refractivity contribution in [1.82, 2.24) is 5.32 Å². The van der Waals surface area contributed by atoms with Gasteiger partial charge in [0.25, 0.3) is 5.91 Å². The zero-order chi connectivity index (χ0) is 13.8. The van der Waals surface area contributed by atoms with Gasteiger partial charge in [0, 0.05) is 24.7 Å². The quantitative estimate of drug-likeness (QED) is 0.928. The molecule has 0 aliphatic carbocycles. The molecule has 5 heteroatoms. The number of ether oxygens (including phenoxy) is 2. The van der Waals surface area contributed by atoms with Crippen LogP contribution in [0.15, 0.2) is 16.6 Å². The molecule has 1 fully saturated rings. The van der Waals surface area contributed by atoms with Gasteiger partial charge in [-0.3, -0.25) is 4.79 Å². The molecule has 1 aliphatic rings. The number of hydrogen-bond donors (Lipinski definition) is 1. The summed E-state index contributed by atoms with van der Waals surface area (Å²) in [4.78, 5) is 11.9. The van der Waals surface area contributed by atoms with Gasteiger partial charge in [0.1, 0.15) is 5.75 Å². The number of carbonyl (C=O) groups is 1. The molecule has 0 bridgehead atoms. The van der Waals surface area contributed by atoms with Crippen LogP contribution in [0.2, 0.25) is 0 Å². The first-order valence-corrected chi connectivity index (χ1v) is 7.14. The largest absolute Gasteiger partial charge is 0.496 e. The van der Waals surface area contributed by atoms with E-state index in [4.69, 9.17) is 9.47 Å². The van der Waals surface area contributed by atoms with Crippen molar-refractivity contribution >= 4 is 21.8 Å². The fourth-order valence-electron chi connectivity index (χ4n) is 2.46. The Morgan fingerprint density at radius 3 is 2.68 bits per heavy atom. The number of halogens is 1. The van der Waals surface area contributed by atoms with Gasteiger partial charge in [-0.1, -0.05) is 15.9 Å². The Bertz CT molecular complexity index is 470. The molecule has 1 heterocycles. The van der Waals surface area contributed by atoms with Crippen molar-refractivity contribution in [2.75, 3.05) is 27.4 Å². The molecule has 104 valence electrons. The summed E-state index contributed by atoms with van der Waals surface area (Å²) < 4.78 is 11.8. The van der Waals surface area contributed by atoms with Crippen molar-refractivity contribution in [3.63, 3.8) is 0 Å². The number of benzene rings is 1. The minimum Gasteiger partial charge on any atom is -0.496 e. The smallest absolute Gasteiger partial charge is 0.254 e. The molecule has 0 spiro atoms. The lowest BCUT2D eigenvalue weighted by molar-refractivity contribution is 0.0847. The Balaban J connectivity index is 2.46. The maximum atomic E-state index is 11.9. The zero-order valence-electron chi connectivity index (χ0n) is 11.2. The summed E-state index contributed by atoms with van der Waals surface area (Å²) >= 11 is 3.47. The van der Waals surface area contributed by atoms with Crippen molar-refractivity contribution < 1.29 is 14.3 Å². The fraction of sp³-hybridized carbons (Fsp3) is 0.500. The average molecular weight is 328 g/mol. The number of nitrogens with one attached hydrogen (secondary N) is 1. The number of carbonyl (C=O) groups excluding carboxylic acids is 1. The summed E-state index contributed by atoms with van der Waals surface area (Å²) in [5.41, 5.74) is 1.65. The van der Waals surface area contributed by atoms with Crippen LogP contribution in [0.4, 0.5) is 0 Å². The molecule has 1 saturated heterocycles. The van der Waals surface area contributed by atoms with E-state index < -0.39 is 0 Å². The Labute approximate surface area is 121 Å². The lowest BCUT2D eigenvalue weighted by atomic mass is 9.89. The van der Waals surface area contributed by atoms with Gasteiger partial charge in [-0.2, -0.15) is 0 Å². The molecule has 4 nitrogen and oxygen atoms in total. The monoisotopic (exact) mass is 327 g/mol. The Morgan fingerprint density at radius 1 is 1.42 bits per heavy atom. The molecule has 0 radical (unpaired) electrons. The Kier molecular flexibility index (Phi) is 4.82. The third-order valence-corrected chi connectivity index (χ3v) is 3.88. The van der Waals surface area contributed by atoms with Crippen LogP contribution in [0.3, 0.4) is 0 Å². The normalized spacial score (nSPS) is 16.2. The molecule has 0 atom stereocenters. The van der Waals surface area contributed by atoms with Gasteiger partial charge in [-0.05, 0) is 36.5 Å². The third kappa shape index (κ3) is 3.09. The van der Waals surface area contributed by atoms with E-state index in [1.54, 1.807) is 20.2 Å². The maximum absolute atomic E-state index is 11.9. The second kappa shape index (κ2) is 6.39. The zero-order valence-corrected chi connectivity index (χ0v) is 12.7. The Hall–Kier alpha value is -1.07. The second-order valence-corrected chi connectivity index (χ2v) is 5.46. The topological polar surface area (TPSA) is 47.6 Å². The minimum absolute atomic E-state index is 0.133. The van der Waals surface area contributed by atoms with Gasteiger partial charge in [-0.15, -0.1) is 0 Å². The van der Waals surface area contributed by atoms with Crippen LogP contribution in [0.25, 0.3) is 0 Å². The lowest BCUT2D eigenvalue weighted by Crippen LogP contribution is -2.21. The van der Waals surface area contributed by atoms with Crippen LogP contribution in [0.1, 0.15) is 34.7 Å². The van der Waals surface area contributed by atoms with E-state index in [0.29, 0.717) is 17.2 Å². The highest BCUT2D eigenvalue weighted by Gasteiger charge is 2.24. The van der Waals surface area contributed by atoms with Gasteiger partial charge >= 0.3 is 0 Å². The standard InChI is InChI=1S/C14H18BrNO3/c1-16-14(17)12-8-10(15)7-11(13(12)18-2)9-3-5-19-6-4-9/h7-9H,3-6H2,1-2H3,(H,16,17). The van der Waals surface area contributed by atoms with Gasteiger partial charge < -0.3 is 14.8 Å². The van der Waals surface area contributed by atoms with E-state index in [1.165, 1.54) is 0 Å². The number of methoxy groups -OCH3 is 1. The summed E-state index contributed by atoms with van der Waals surface area (Å²) in [6.45, 7) is 1.52. The second-order valence-electron chi connectivity index (χ2n) is 4.54. The highest BCUT2D eigenvalue weighted by molar-refractivity contribution is 9.10. The molecule has 1 aliphatic heterocycles. The van der Waals surface area contributed by atoms with Crippen LogP contribution in [-0.2, 0) is 4.74 Å². The summed E-state index contributed by atoms with van der Waals surface area (Å²) in [7, 11) is 3.23. The van der Waals surface area contributed by atoms with E-state index in [1.807, 2.05) is 6.07 Å². The minimum atomic E-state index is -0.133. The molecule has 1 aromatic carbocycles. The van der Waals surface area contributed by atoms with E-state index in [9.17, 15) is 4.79 Å². The molecule has 0 unspecified atom stereocenters. The number of hydrogen-bond acceptors (Lipinski definition) is 3. The highest BCUT2D eigenvalue weighted by Crippen LogP contribution is 2.38. The molecule has 1 aromatic rings. The molecule has 1 amide bonds. The average Bonchev–Trinajstić information content (AvgIpc) is 2.46. The molecule has 2 rings (SSSR count). The van der Waals surface area contributed by atoms with Crippen molar-refractivity contribution in [3.05, 3.63) is 27.7 Å². The first kappa shape index (κ1) is 14.3. The van der Waals surface area contributed by atoms with Crippen molar-refractivity contribution in [3.8, 4) is 5.75 Å². The SMILES string of the molecule is CNC(=O)c1cc(Br)cc(C2CCOCC2)c1OC. The highest BCUT2D eigenvalue weighted by atomic mass is 79.9. The van der Waals surface area contributed by atoms with Crippen LogP contribution in [0, 0.1) is 0 Å². The first-order chi connectivity index (χ1) is 9.17. The van der Waals surface area contributed by atoms with Gasteiger partial charge in [-0.25, -0.2) is 0 Å². The molecular formula is C14H18BrNO3. The summed E-state index contributed by atoms with van der Waals surface area (Å²) in [6, 6.07) is 3.84. The van der Waals surface area contributed by atoms with Crippen molar-refractivity contribution in [2.24, 2.45) is 0 Å². The van der Waals surface area contributed by atoms with E-state index in [-0.39, 0.29) is 5.91 Å². The van der Waals surface area contributed by atoms with Gasteiger partial charge in [0.2, 0.25) is 0 Å². The van der Waals surface area contributed by atoms with Crippen LogP contribution < -0.4 is 10.1 Å². The fourth-order valence-corrected chi connectivity index (χ4v) is 2.93. The lowest BCUT2D eigenvalue weighted by Gasteiger charge is -2.25. The predicted octanol–water partition coefficient (Wildman–Crippen LogP) is 2.71. The summed E-state index contributed by atoms with van der Waals surface area (Å²) in [6.07, 6.45) is 1.92. The van der Waals surface area contributed by atoms with E-state index in [0.717, 1.165) is 36.1 Å².